The number of carbonyl (C=O) groups is 2. The minimum atomic E-state index is -0.422. The summed E-state index contributed by atoms with van der Waals surface area (Å²) in [6.07, 6.45) is 2.26. The average Bonchev–Trinajstić information content (AvgIpc) is 3.13. The van der Waals surface area contributed by atoms with Gasteiger partial charge in [-0.15, -0.1) is 0 Å². The topological polar surface area (TPSA) is 88.8 Å². The zero-order chi connectivity index (χ0) is 15.5. The Balaban J connectivity index is 1.43. The van der Waals surface area contributed by atoms with Crippen molar-refractivity contribution in [2.45, 2.75) is 12.3 Å². The van der Waals surface area contributed by atoms with Gasteiger partial charge in [0.25, 0.3) is 5.91 Å². The highest BCUT2D eigenvalue weighted by Crippen LogP contribution is 2.48. The first-order valence-electron chi connectivity index (χ1n) is 6.92. The van der Waals surface area contributed by atoms with E-state index in [2.05, 4.69) is 5.32 Å². The van der Waals surface area contributed by atoms with Gasteiger partial charge in [0.1, 0.15) is 11.5 Å². The molecule has 0 spiro atoms. The first kappa shape index (κ1) is 14.2. The van der Waals surface area contributed by atoms with Crippen LogP contribution in [0.15, 0.2) is 47.1 Å². The molecule has 1 amide bonds. The van der Waals surface area contributed by atoms with Crippen LogP contribution in [0.2, 0.25) is 0 Å². The zero-order valence-corrected chi connectivity index (χ0v) is 11.7. The van der Waals surface area contributed by atoms with Crippen molar-refractivity contribution in [3.05, 3.63) is 48.4 Å². The van der Waals surface area contributed by atoms with E-state index < -0.39 is 5.91 Å². The number of esters is 1. The number of carbonyl (C=O) groups excluding carboxylic acids is 2. The van der Waals surface area contributed by atoms with Crippen molar-refractivity contribution in [3.63, 3.8) is 0 Å². The molecule has 1 saturated carbocycles. The highest BCUT2D eigenvalue weighted by atomic mass is 16.5. The van der Waals surface area contributed by atoms with Gasteiger partial charge < -0.3 is 19.6 Å². The van der Waals surface area contributed by atoms with E-state index in [1.165, 1.54) is 12.1 Å². The smallest absolute Gasteiger partial charge is 0.310 e. The second-order valence-corrected chi connectivity index (χ2v) is 5.17. The standard InChI is InChI=1S/C16H15NO5/c18-11-5-3-10(4-6-11)17-15(19)9-22-16(20)13-8-12(13)14-2-1-7-21-14/h1-7,12-13,18H,8-9H2,(H,17,19). The molecule has 1 aromatic carbocycles. The van der Waals surface area contributed by atoms with Gasteiger partial charge in [-0.2, -0.15) is 0 Å². The lowest BCUT2D eigenvalue weighted by atomic mass is 10.2. The largest absolute Gasteiger partial charge is 0.508 e. The third-order valence-corrected chi connectivity index (χ3v) is 3.50. The molecule has 1 fully saturated rings. The Kier molecular flexibility index (Phi) is 3.82. The van der Waals surface area contributed by atoms with E-state index in [0.717, 1.165) is 5.76 Å². The predicted molar refractivity (Wildman–Crippen MR) is 77.3 cm³/mol. The Morgan fingerprint density at radius 2 is 2.05 bits per heavy atom. The molecule has 1 aliphatic carbocycles. The lowest BCUT2D eigenvalue weighted by Gasteiger charge is -2.06. The Bertz CT molecular complexity index is 662. The Morgan fingerprint density at radius 1 is 1.27 bits per heavy atom. The van der Waals surface area contributed by atoms with E-state index in [0.29, 0.717) is 12.1 Å². The van der Waals surface area contributed by atoms with Crippen LogP contribution in [0.25, 0.3) is 0 Å². The fourth-order valence-electron chi connectivity index (χ4n) is 2.26. The summed E-state index contributed by atoms with van der Waals surface area (Å²) >= 11 is 0. The van der Waals surface area contributed by atoms with E-state index >= 15 is 0 Å². The molecule has 2 aromatic rings. The molecule has 6 nitrogen and oxygen atoms in total. The number of anilines is 1. The van der Waals surface area contributed by atoms with Crippen molar-refractivity contribution >= 4 is 17.6 Å². The highest BCUT2D eigenvalue weighted by Gasteiger charge is 2.47. The summed E-state index contributed by atoms with van der Waals surface area (Å²) in [6.45, 7) is -0.332. The van der Waals surface area contributed by atoms with E-state index in [-0.39, 0.29) is 30.2 Å². The van der Waals surface area contributed by atoms with Crippen molar-refractivity contribution < 1.29 is 23.8 Å². The summed E-state index contributed by atoms with van der Waals surface area (Å²) in [6, 6.07) is 9.64. The van der Waals surface area contributed by atoms with Gasteiger partial charge in [0.15, 0.2) is 6.61 Å². The maximum absolute atomic E-state index is 11.8. The number of nitrogens with one attached hydrogen (secondary N) is 1. The summed E-state index contributed by atoms with van der Waals surface area (Å²) in [5.74, 6) is -0.0931. The summed E-state index contributed by atoms with van der Waals surface area (Å²) < 4.78 is 10.3. The molecule has 0 radical (unpaired) electrons. The summed E-state index contributed by atoms with van der Waals surface area (Å²) in [4.78, 5) is 23.5. The van der Waals surface area contributed by atoms with Gasteiger partial charge in [-0.3, -0.25) is 9.59 Å². The maximum Gasteiger partial charge on any atom is 0.310 e. The van der Waals surface area contributed by atoms with Gasteiger partial charge in [-0.25, -0.2) is 0 Å². The van der Waals surface area contributed by atoms with Gasteiger partial charge >= 0.3 is 5.97 Å². The summed E-state index contributed by atoms with van der Waals surface area (Å²) in [5.41, 5.74) is 0.527. The lowest BCUT2D eigenvalue weighted by Crippen LogP contribution is -2.21. The second-order valence-electron chi connectivity index (χ2n) is 5.17. The highest BCUT2D eigenvalue weighted by molar-refractivity contribution is 5.93. The Hall–Kier alpha value is -2.76. The number of furan rings is 1. The van der Waals surface area contributed by atoms with Gasteiger partial charge in [0, 0.05) is 11.6 Å². The van der Waals surface area contributed by atoms with E-state index in [9.17, 15) is 9.59 Å². The summed E-state index contributed by atoms with van der Waals surface area (Å²) in [7, 11) is 0. The van der Waals surface area contributed by atoms with Crippen LogP contribution in [0.1, 0.15) is 18.1 Å². The minimum absolute atomic E-state index is 0.0580. The molecule has 1 heterocycles. The molecule has 2 N–H and O–H groups in total. The normalized spacial score (nSPS) is 19.5. The molecule has 3 rings (SSSR count). The second kappa shape index (κ2) is 5.93. The molecule has 0 bridgehead atoms. The van der Waals surface area contributed by atoms with Crippen molar-refractivity contribution in [3.8, 4) is 5.75 Å². The molecule has 6 heteroatoms. The SMILES string of the molecule is O=C(COC(=O)C1CC1c1ccco1)Nc1ccc(O)cc1. The van der Waals surface area contributed by atoms with Crippen molar-refractivity contribution in [1.82, 2.24) is 0 Å². The van der Waals surface area contributed by atoms with Gasteiger partial charge in [-0.1, -0.05) is 0 Å². The van der Waals surface area contributed by atoms with Crippen LogP contribution >= 0.6 is 0 Å². The molecule has 0 saturated heterocycles. The van der Waals surface area contributed by atoms with Crippen molar-refractivity contribution in [2.75, 3.05) is 11.9 Å². The van der Waals surface area contributed by atoms with Crippen molar-refractivity contribution in [1.29, 1.82) is 0 Å². The molecule has 2 atom stereocenters. The molecule has 1 aromatic heterocycles. The maximum atomic E-state index is 11.8. The van der Waals surface area contributed by atoms with Crippen LogP contribution in [0.5, 0.6) is 5.75 Å². The molecule has 0 aliphatic heterocycles. The molecule has 2 unspecified atom stereocenters. The summed E-state index contributed by atoms with van der Waals surface area (Å²) in [5, 5.41) is 11.7. The molecular formula is C16H15NO5. The number of hydrogen-bond acceptors (Lipinski definition) is 5. The van der Waals surface area contributed by atoms with Crippen LogP contribution in [-0.4, -0.2) is 23.6 Å². The van der Waals surface area contributed by atoms with E-state index in [1.807, 2.05) is 6.07 Å². The van der Waals surface area contributed by atoms with E-state index in [1.54, 1.807) is 24.5 Å². The zero-order valence-electron chi connectivity index (χ0n) is 11.7. The van der Waals surface area contributed by atoms with Gasteiger partial charge in [0.05, 0.1) is 12.2 Å². The van der Waals surface area contributed by atoms with Crippen LogP contribution in [0.3, 0.4) is 0 Å². The fourth-order valence-corrected chi connectivity index (χ4v) is 2.26. The molecule has 114 valence electrons. The number of ether oxygens (including phenoxy) is 1. The first-order valence-corrected chi connectivity index (χ1v) is 6.92. The van der Waals surface area contributed by atoms with E-state index in [4.69, 9.17) is 14.3 Å². The number of phenols is 1. The third-order valence-electron chi connectivity index (χ3n) is 3.50. The molecular weight excluding hydrogens is 286 g/mol. The van der Waals surface area contributed by atoms with Crippen LogP contribution < -0.4 is 5.32 Å². The number of rotatable bonds is 5. The van der Waals surface area contributed by atoms with Crippen LogP contribution in [-0.2, 0) is 14.3 Å². The first-order chi connectivity index (χ1) is 10.6. The quantitative estimate of drug-likeness (QED) is 0.653. The number of phenolic OH excluding ortho intramolecular Hbond substituents is 1. The van der Waals surface area contributed by atoms with Crippen LogP contribution in [0.4, 0.5) is 5.69 Å². The number of aromatic hydroxyl groups is 1. The number of hydrogen-bond donors (Lipinski definition) is 2. The monoisotopic (exact) mass is 301 g/mol. The predicted octanol–water partition coefficient (Wildman–Crippen LogP) is 2.27. The number of amides is 1. The van der Waals surface area contributed by atoms with Gasteiger partial charge in [0.2, 0.25) is 0 Å². The number of benzene rings is 1. The van der Waals surface area contributed by atoms with Gasteiger partial charge in [-0.05, 0) is 42.8 Å². The molecule has 22 heavy (non-hydrogen) atoms. The Labute approximate surface area is 126 Å². The minimum Gasteiger partial charge on any atom is -0.508 e. The molecule has 1 aliphatic rings. The Morgan fingerprint density at radius 3 is 2.73 bits per heavy atom. The van der Waals surface area contributed by atoms with Crippen LogP contribution in [0, 0.1) is 5.92 Å². The fraction of sp³-hybridized carbons (Fsp3) is 0.250. The average molecular weight is 301 g/mol. The third kappa shape index (κ3) is 3.28. The van der Waals surface area contributed by atoms with Crippen molar-refractivity contribution in [2.24, 2.45) is 5.92 Å². The lowest BCUT2D eigenvalue weighted by molar-refractivity contribution is -0.148.